The molecule has 0 saturated carbocycles. The molecule has 1 heterocycles. The van der Waals surface area contributed by atoms with Gasteiger partial charge < -0.3 is 5.32 Å². The molecule has 0 amide bonds. The molecular weight excluding hydrogens is 301 g/mol. The van der Waals surface area contributed by atoms with Crippen molar-refractivity contribution in [1.29, 1.82) is 0 Å². The van der Waals surface area contributed by atoms with Crippen LogP contribution in [0.25, 0.3) is 0 Å². The number of pyridine rings is 1. The number of rotatable bonds is 3. The monoisotopic (exact) mass is 314 g/mol. The molecule has 6 heteroatoms. The van der Waals surface area contributed by atoms with Crippen molar-refractivity contribution in [3.63, 3.8) is 0 Å². The van der Waals surface area contributed by atoms with E-state index in [-0.39, 0.29) is 6.04 Å². The molecule has 1 aromatic carbocycles. The number of hydrogen-bond acceptors (Lipinski definition) is 2. The van der Waals surface area contributed by atoms with E-state index in [9.17, 15) is 13.2 Å². The lowest BCUT2D eigenvalue weighted by Gasteiger charge is -2.20. The second kappa shape index (κ2) is 6.03. The van der Waals surface area contributed by atoms with E-state index >= 15 is 0 Å². The molecule has 2 aromatic rings. The Morgan fingerprint density at radius 3 is 2.48 bits per heavy atom. The van der Waals surface area contributed by atoms with Gasteiger partial charge in [-0.1, -0.05) is 17.7 Å². The Bertz CT molecular complexity index is 641. The van der Waals surface area contributed by atoms with Crippen LogP contribution in [0.4, 0.5) is 13.2 Å². The Labute approximate surface area is 126 Å². The summed E-state index contributed by atoms with van der Waals surface area (Å²) in [6, 6.07) is 6.72. The molecule has 1 N–H and O–H groups in total. The zero-order chi connectivity index (χ0) is 15.6. The highest BCUT2D eigenvalue weighted by molar-refractivity contribution is 6.31. The Morgan fingerprint density at radius 1 is 1.24 bits per heavy atom. The largest absolute Gasteiger partial charge is 0.416 e. The van der Waals surface area contributed by atoms with Gasteiger partial charge in [0.2, 0.25) is 0 Å². The van der Waals surface area contributed by atoms with E-state index < -0.39 is 11.7 Å². The van der Waals surface area contributed by atoms with Crippen LogP contribution in [-0.4, -0.2) is 12.0 Å². The van der Waals surface area contributed by atoms with E-state index in [2.05, 4.69) is 10.3 Å². The van der Waals surface area contributed by atoms with Crippen molar-refractivity contribution in [2.24, 2.45) is 0 Å². The number of hydrogen-bond donors (Lipinski definition) is 1. The maximum absolute atomic E-state index is 12.7. The summed E-state index contributed by atoms with van der Waals surface area (Å²) in [6.07, 6.45) is -2.74. The maximum Gasteiger partial charge on any atom is 0.416 e. The molecule has 0 fully saturated rings. The summed E-state index contributed by atoms with van der Waals surface area (Å²) in [5.74, 6) is 0. The van der Waals surface area contributed by atoms with Crippen LogP contribution in [0.15, 0.2) is 36.5 Å². The molecule has 0 bridgehead atoms. The number of aryl methyl sites for hydroxylation is 1. The zero-order valence-corrected chi connectivity index (χ0v) is 12.3. The molecule has 0 aliphatic heterocycles. The quantitative estimate of drug-likeness (QED) is 0.910. The molecule has 1 atom stereocenters. The first-order valence-corrected chi connectivity index (χ1v) is 6.68. The fourth-order valence-corrected chi connectivity index (χ4v) is 2.46. The third kappa shape index (κ3) is 3.36. The van der Waals surface area contributed by atoms with E-state index in [0.717, 1.165) is 12.1 Å². The summed E-state index contributed by atoms with van der Waals surface area (Å²) >= 11 is 6.12. The van der Waals surface area contributed by atoms with Crippen LogP contribution in [0.3, 0.4) is 0 Å². The minimum absolute atomic E-state index is 0.360. The third-order valence-electron chi connectivity index (χ3n) is 3.26. The molecule has 1 unspecified atom stereocenters. The number of halogens is 4. The van der Waals surface area contributed by atoms with Gasteiger partial charge in [-0.25, -0.2) is 0 Å². The van der Waals surface area contributed by atoms with Crippen molar-refractivity contribution >= 4 is 11.6 Å². The van der Waals surface area contributed by atoms with Gasteiger partial charge in [0, 0.05) is 6.20 Å². The van der Waals surface area contributed by atoms with E-state index in [1.165, 1.54) is 6.07 Å². The third-order valence-corrected chi connectivity index (χ3v) is 3.58. The van der Waals surface area contributed by atoms with Crippen LogP contribution in [0.5, 0.6) is 0 Å². The highest BCUT2D eigenvalue weighted by Crippen LogP contribution is 2.33. The van der Waals surface area contributed by atoms with Crippen molar-refractivity contribution in [3.05, 3.63) is 63.9 Å². The van der Waals surface area contributed by atoms with Crippen LogP contribution in [0, 0.1) is 6.92 Å². The molecule has 1 aromatic heterocycles. The molecule has 2 rings (SSSR count). The Hall–Kier alpha value is -1.59. The van der Waals surface area contributed by atoms with Crippen LogP contribution in [-0.2, 0) is 6.18 Å². The SMILES string of the molecule is CNC(c1ccc(C(F)(F)F)cc1C)c1ncccc1Cl. The van der Waals surface area contributed by atoms with Gasteiger partial charge in [0.25, 0.3) is 0 Å². The lowest BCUT2D eigenvalue weighted by molar-refractivity contribution is -0.137. The average Bonchev–Trinajstić information content (AvgIpc) is 2.42. The van der Waals surface area contributed by atoms with Crippen molar-refractivity contribution in [3.8, 4) is 0 Å². The second-order valence-corrected chi connectivity index (χ2v) is 5.07. The molecule has 0 saturated heterocycles. The van der Waals surface area contributed by atoms with Gasteiger partial charge in [0.05, 0.1) is 22.3 Å². The minimum atomic E-state index is -4.35. The van der Waals surface area contributed by atoms with Crippen LogP contribution < -0.4 is 5.32 Å². The lowest BCUT2D eigenvalue weighted by Crippen LogP contribution is -2.20. The van der Waals surface area contributed by atoms with Gasteiger partial charge >= 0.3 is 6.18 Å². The summed E-state index contributed by atoms with van der Waals surface area (Å²) in [4.78, 5) is 4.22. The van der Waals surface area contributed by atoms with Gasteiger partial charge in [-0.2, -0.15) is 13.2 Å². The predicted molar refractivity (Wildman–Crippen MR) is 76.3 cm³/mol. The van der Waals surface area contributed by atoms with E-state index in [1.54, 1.807) is 32.3 Å². The highest BCUT2D eigenvalue weighted by atomic mass is 35.5. The number of aromatic nitrogens is 1. The van der Waals surface area contributed by atoms with Gasteiger partial charge in [0.1, 0.15) is 0 Å². The van der Waals surface area contributed by atoms with Crippen molar-refractivity contribution < 1.29 is 13.2 Å². The van der Waals surface area contributed by atoms with E-state index in [4.69, 9.17) is 11.6 Å². The summed E-state index contributed by atoms with van der Waals surface area (Å²) in [5.41, 5.74) is 1.17. The zero-order valence-electron chi connectivity index (χ0n) is 11.5. The van der Waals surface area contributed by atoms with E-state index in [0.29, 0.717) is 21.8 Å². The highest BCUT2D eigenvalue weighted by Gasteiger charge is 2.31. The molecule has 0 aliphatic rings. The first kappa shape index (κ1) is 15.8. The number of alkyl halides is 3. The molecule has 0 aliphatic carbocycles. The van der Waals surface area contributed by atoms with Crippen LogP contribution >= 0.6 is 11.6 Å². The van der Waals surface area contributed by atoms with Gasteiger partial charge in [-0.15, -0.1) is 0 Å². The van der Waals surface area contributed by atoms with Crippen LogP contribution in [0.2, 0.25) is 5.02 Å². The molecule has 0 spiro atoms. The molecule has 0 radical (unpaired) electrons. The smallest absolute Gasteiger partial charge is 0.308 e. The maximum atomic E-state index is 12.7. The van der Waals surface area contributed by atoms with Crippen molar-refractivity contribution in [2.75, 3.05) is 7.05 Å². The van der Waals surface area contributed by atoms with Crippen molar-refractivity contribution in [1.82, 2.24) is 10.3 Å². The average molecular weight is 315 g/mol. The number of nitrogens with one attached hydrogen (secondary N) is 1. The fourth-order valence-electron chi connectivity index (χ4n) is 2.23. The second-order valence-electron chi connectivity index (χ2n) is 4.66. The number of benzene rings is 1. The lowest BCUT2D eigenvalue weighted by atomic mass is 9.96. The Balaban J connectivity index is 2.47. The summed E-state index contributed by atoms with van der Waals surface area (Å²) in [7, 11) is 1.72. The number of nitrogens with zero attached hydrogens (tertiary/aromatic N) is 1. The standard InChI is InChI=1S/C15H14ClF3N2/c1-9-8-10(15(17,18)19)5-6-11(9)13(20-2)14-12(16)4-3-7-21-14/h3-8,13,20H,1-2H3. The molecular formula is C15H14ClF3N2. The first-order chi connectivity index (χ1) is 9.84. The van der Waals surface area contributed by atoms with Gasteiger partial charge in [-0.3, -0.25) is 4.98 Å². The minimum Gasteiger partial charge on any atom is -0.308 e. The fraction of sp³-hybridized carbons (Fsp3) is 0.267. The molecule has 2 nitrogen and oxygen atoms in total. The van der Waals surface area contributed by atoms with Crippen LogP contribution in [0.1, 0.15) is 28.4 Å². The molecule has 21 heavy (non-hydrogen) atoms. The Kier molecular flexibility index (Phi) is 4.54. The normalized spacial score (nSPS) is 13.2. The Morgan fingerprint density at radius 2 is 1.95 bits per heavy atom. The van der Waals surface area contributed by atoms with Crippen molar-refractivity contribution in [2.45, 2.75) is 19.1 Å². The van der Waals surface area contributed by atoms with E-state index in [1.807, 2.05) is 0 Å². The topological polar surface area (TPSA) is 24.9 Å². The summed E-state index contributed by atoms with van der Waals surface area (Å²) < 4.78 is 38.2. The predicted octanol–water partition coefficient (Wildman–Crippen LogP) is 4.37. The summed E-state index contributed by atoms with van der Waals surface area (Å²) in [6.45, 7) is 1.64. The van der Waals surface area contributed by atoms with Gasteiger partial charge in [0.15, 0.2) is 0 Å². The summed E-state index contributed by atoms with van der Waals surface area (Å²) in [5, 5.41) is 3.51. The van der Waals surface area contributed by atoms with Gasteiger partial charge in [-0.05, 0) is 49.4 Å². The molecule has 112 valence electrons. The first-order valence-electron chi connectivity index (χ1n) is 6.30.